The fourth-order valence-electron chi connectivity index (χ4n) is 2.03. The van der Waals surface area contributed by atoms with Gasteiger partial charge in [0.2, 0.25) is 0 Å². The fourth-order valence-corrected chi connectivity index (χ4v) is 2.03. The second-order valence-electron chi connectivity index (χ2n) is 5.20. The first-order chi connectivity index (χ1) is 8.72. The van der Waals surface area contributed by atoms with Gasteiger partial charge in [-0.05, 0) is 56.9 Å². The molecule has 104 valence electrons. The summed E-state index contributed by atoms with van der Waals surface area (Å²) in [7, 11) is 0. The second-order valence-corrected chi connectivity index (χ2v) is 5.20. The van der Waals surface area contributed by atoms with Crippen molar-refractivity contribution in [2.45, 2.75) is 58.7 Å². The normalized spacial score (nSPS) is 22.8. The highest BCUT2D eigenvalue weighted by atomic mass is 16.7. The molecule has 1 rings (SSSR count). The van der Waals surface area contributed by atoms with Gasteiger partial charge >= 0.3 is 0 Å². The molecule has 1 fully saturated rings. The lowest BCUT2D eigenvalue weighted by Gasteiger charge is -2.23. The highest BCUT2D eigenvalue weighted by molar-refractivity contribution is 5.71. The predicted molar refractivity (Wildman–Crippen MR) is 72.4 cm³/mol. The van der Waals surface area contributed by atoms with E-state index in [-0.39, 0.29) is 6.29 Å². The van der Waals surface area contributed by atoms with Crippen molar-refractivity contribution in [2.75, 3.05) is 13.2 Å². The van der Waals surface area contributed by atoms with Crippen LogP contribution in [0.3, 0.4) is 0 Å². The Balaban J connectivity index is 2.02. The molecule has 0 bridgehead atoms. The Morgan fingerprint density at radius 3 is 2.94 bits per heavy atom. The van der Waals surface area contributed by atoms with E-state index in [0.717, 1.165) is 50.8 Å². The summed E-state index contributed by atoms with van der Waals surface area (Å²) in [4.78, 5) is 10.4. The SMILES string of the molecule is C/C(C=O)=C\CCC(C)CCOC1CCCCO1. The maximum absolute atomic E-state index is 10.4. The quantitative estimate of drug-likeness (QED) is 0.491. The van der Waals surface area contributed by atoms with Crippen LogP contribution >= 0.6 is 0 Å². The Hall–Kier alpha value is -0.670. The van der Waals surface area contributed by atoms with Crippen LogP contribution in [0.5, 0.6) is 0 Å². The Morgan fingerprint density at radius 1 is 1.44 bits per heavy atom. The van der Waals surface area contributed by atoms with Gasteiger partial charge in [-0.3, -0.25) is 4.79 Å². The Bertz CT molecular complexity index is 254. The third kappa shape index (κ3) is 6.92. The van der Waals surface area contributed by atoms with Gasteiger partial charge in [-0.2, -0.15) is 0 Å². The lowest BCUT2D eigenvalue weighted by atomic mass is 10.0. The van der Waals surface area contributed by atoms with Crippen LogP contribution < -0.4 is 0 Å². The van der Waals surface area contributed by atoms with Crippen molar-refractivity contribution in [3.05, 3.63) is 11.6 Å². The maximum atomic E-state index is 10.4. The van der Waals surface area contributed by atoms with Gasteiger partial charge in [-0.15, -0.1) is 0 Å². The minimum atomic E-state index is 0.0307. The minimum absolute atomic E-state index is 0.0307. The van der Waals surface area contributed by atoms with Crippen LogP contribution in [0.15, 0.2) is 11.6 Å². The number of aldehydes is 1. The molecule has 1 heterocycles. The van der Waals surface area contributed by atoms with Crippen LogP contribution in [-0.4, -0.2) is 25.8 Å². The lowest BCUT2D eigenvalue weighted by Crippen LogP contribution is -2.23. The molecule has 0 aromatic carbocycles. The van der Waals surface area contributed by atoms with Crippen molar-refractivity contribution in [3.63, 3.8) is 0 Å². The first kappa shape index (κ1) is 15.4. The molecule has 18 heavy (non-hydrogen) atoms. The summed E-state index contributed by atoms with van der Waals surface area (Å²) in [5.74, 6) is 0.629. The molecule has 0 radical (unpaired) electrons. The zero-order valence-electron chi connectivity index (χ0n) is 11.7. The molecule has 1 aliphatic heterocycles. The van der Waals surface area contributed by atoms with E-state index in [9.17, 15) is 4.79 Å². The zero-order chi connectivity index (χ0) is 13.2. The van der Waals surface area contributed by atoms with E-state index >= 15 is 0 Å². The Kier molecular flexibility index (Phi) is 7.94. The lowest BCUT2D eigenvalue weighted by molar-refractivity contribution is -0.163. The fraction of sp³-hybridized carbons (Fsp3) is 0.800. The summed E-state index contributed by atoms with van der Waals surface area (Å²) >= 11 is 0. The molecular formula is C15H26O3. The van der Waals surface area contributed by atoms with Crippen molar-refractivity contribution in [1.82, 2.24) is 0 Å². The van der Waals surface area contributed by atoms with Crippen LogP contribution in [0.4, 0.5) is 0 Å². The van der Waals surface area contributed by atoms with Gasteiger partial charge in [0.15, 0.2) is 6.29 Å². The number of carbonyl (C=O) groups is 1. The van der Waals surface area contributed by atoms with E-state index in [0.29, 0.717) is 5.92 Å². The maximum Gasteiger partial charge on any atom is 0.157 e. The predicted octanol–water partition coefficient (Wildman–Crippen LogP) is 3.48. The molecule has 0 aromatic rings. The number of hydrogen-bond acceptors (Lipinski definition) is 3. The van der Waals surface area contributed by atoms with Crippen LogP contribution in [0, 0.1) is 5.92 Å². The van der Waals surface area contributed by atoms with Crippen molar-refractivity contribution in [2.24, 2.45) is 5.92 Å². The molecular weight excluding hydrogens is 228 g/mol. The average molecular weight is 254 g/mol. The molecule has 2 unspecified atom stereocenters. The third-order valence-electron chi connectivity index (χ3n) is 3.36. The average Bonchev–Trinajstić information content (AvgIpc) is 2.39. The standard InChI is InChI=1S/C15H26O3/c1-13(6-5-7-14(2)12-16)9-11-18-15-8-3-4-10-17-15/h7,12-13,15H,3-6,8-11H2,1-2H3/b14-7+. The van der Waals surface area contributed by atoms with Crippen molar-refractivity contribution < 1.29 is 14.3 Å². The second kappa shape index (κ2) is 9.29. The molecule has 0 N–H and O–H groups in total. The van der Waals surface area contributed by atoms with Crippen molar-refractivity contribution in [1.29, 1.82) is 0 Å². The molecule has 1 aliphatic rings. The molecule has 0 spiro atoms. The van der Waals surface area contributed by atoms with E-state index in [2.05, 4.69) is 6.92 Å². The topological polar surface area (TPSA) is 35.5 Å². The summed E-state index contributed by atoms with van der Waals surface area (Å²) < 4.78 is 11.2. The van der Waals surface area contributed by atoms with Gasteiger partial charge in [0, 0.05) is 13.2 Å². The highest BCUT2D eigenvalue weighted by Crippen LogP contribution is 2.16. The molecule has 2 atom stereocenters. The van der Waals surface area contributed by atoms with Gasteiger partial charge < -0.3 is 9.47 Å². The first-order valence-corrected chi connectivity index (χ1v) is 7.07. The minimum Gasteiger partial charge on any atom is -0.353 e. The number of hydrogen-bond donors (Lipinski definition) is 0. The molecule has 0 saturated carbocycles. The molecule has 0 amide bonds. The van der Waals surface area contributed by atoms with Crippen LogP contribution in [-0.2, 0) is 14.3 Å². The van der Waals surface area contributed by atoms with E-state index in [4.69, 9.17) is 9.47 Å². The van der Waals surface area contributed by atoms with E-state index < -0.39 is 0 Å². The number of ether oxygens (including phenoxy) is 2. The Morgan fingerprint density at radius 2 is 2.28 bits per heavy atom. The van der Waals surface area contributed by atoms with E-state index in [1.165, 1.54) is 12.8 Å². The Labute approximate surface area is 111 Å². The largest absolute Gasteiger partial charge is 0.353 e. The highest BCUT2D eigenvalue weighted by Gasteiger charge is 2.14. The van der Waals surface area contributed by atoms with Crippen molar-refractivity contribution in [3.8, 4) is 0 Å². The zero-order valence-corrected chi connectivity index (χ0v) is 11.7. The molecule has 3 nitrogen and oxygen atoms in total. The number of rotatable bonds is 8. The molecule has 1 saturated heterocycles. The summed E-state index contributed by atoms with van der Waals surface area (Å²) in [5, 5.41) is 0. The summed E-state index contributed by atoms with van der Waals surface area (Å²) in [6, 6.07) is 0. The van der Waals surface area contributed by atoms with E-state index in [1.807, 2.05) is 13.0 Å². The van der Waals surface area contributed by atoms with Crippen LogP contribution in [0.1, 0.15) is 52.4 Å². The summed E-state index contributed by atoms with van der Waals surface area (Å²) in [6.45, 7) is 5.70. The summed E-state index contributed by atoms with van der Waals surface area (Å²) in [6.07, 6.45) is 9.52. The van der Waals surface area contributed by atoms with Gasteiger partial charge in [-0.1, -0.05) is 13.0 Å². The van der Waals surface area contributed by atoms with Gasteiger partial charge in [0.1, 0.15) is 6.29 Å². The van der Waals surface area contributed by atoms with Crippen LogP contribution in [0.25, 0.3) is 0 Å². The van der Waals surface area contributed by atoms with Gasteiger partial charge in [0.05, 0.1) is 0 Å². The van der Waals surface area contributed by atoms with Gasteiger partial charge in [-0.25, -0.2) is 0 Å². The first-order valence-electron chi connectivity index (χ1n) is 7.07. The third-order valence-corrected chi connectivity index (χ3v) is 3.36. The number of carbonyl (C=O) groups excluding carboxylic acids is 1. The van der Waals surface area contributed by atoms with Gasteiger partial charge in [0.25, 0.3) is 0 Å². The number of allylic oxidation sites excluding steroid dienone is 2. The molecule has 0 aromatic heterocycles. The smallest absolute Gasteiger partial charge is 0.157 e. The van der Waals surface area contributed by atoms with Crippen LogP contribution in [0.2, 0.25) is 0 Å². The monoisotopic (exact) mass is 254 g/mol. The molecule has 0 aliphatic carbocycles. The molecule has 3 heteroatoms. The van der Waals surface area contributed by atoms with Crippen molar-refractivity contribution >= 4 is 6.29 Å². The summed E-state index contributed by atoms with van der Waals surface area (Å²) in [5.41, 5.74) is 0.828. The van der Waals surface area contributed by atoms with E-state index in [1.54, 1.807) is 0 Å².